The molecule has 2 aliphatic rings. The number of hydrogen-bond donors (Lipinski definition) is 0. The van der Waals surface area contributed by atoms with Gasteiger partial charge in [-0.3, -0.25) is 4.98 Å². The van der Waals surface area contributed by atoms with Gasteiger partial charge in [0.25, 0.3) is 0 Å². The van der Waals surface area contributed by atoms with Crippen LogP contribution >= 0.6 is 0 Å². The molecule has 0 atom stereocenters. The molecule has 0 bridgehead atoms. The molecule has 1 aromatic heterocycles. The molecule has 2 aromatic rings. The van der Waals surface area contributed by atoms with Crippen molar-refractivity contribution in [2.75, 3.05) is 0 Å². The van der Waals surface area contributed by atoms with Crippen LogP contribution in [0, 0.1) is 0 Å². The molecule has 1 heterocycles. The van der Waals surface area contributed by atoms with E-state index in [4.69, 9.17) is 0 Å². The van der Waals surface area contributed by atoms with Crippen LogP contribution in [0.2, 0.25) is 0 Å². The third-order valence-electron chi connectivity index (χ3n) is 3.52. The van der Waals surface area contributed by atoms with Crippen molar-refractivity contribution in [1.82, 2.24) is 4.98 Å². The number of benzene rings is 1. The largest absolute Gasteiger partial charge is 0.264 e. The Kier molecular flexibility index (Phi) is 1.89. The van der Waals surface area contributed by atoms with E-state index in [0.717, 1.165) is 0 Å². The highest BCUT2D eigenvalue weighted by atomic mass is 14.6. The molecule has 0 radical (unpaired) electrons. The minimum atomic E-state index is 1.22. The van der Waals surface area contributed by atoms with Crippen LogP contribution in [0.5, 0.6) is 0 Å². The number of nitrogens with zero attached hydrogens (tertiary/aromatic N) is 1. The number of rotatable bonds is 0. The van der Waals surface area contributed by atoms with Crippen molar-refractivity contribution < 1.29 is 0 Å². The summed E-state index contributed by atoms with van der Waals surface area (Å²) < 4.78 is 0. The third-order valence-corrected chi connectivity index (χ3v) is 3.52. The zero-order chi connectivity index (χ0) is 11.9. The molecule has 2 aliphatic carbocycles. The molecule has 0 amide bonds. The normalized spacial score (nSPS) is 11.3. The summed E-state index contributed by atoms with van der Waals surface area (Å²) in [6, 6.07) is 19.3. The predicted molar refractivity (Wildman–Crippen MR) is 75.9 cm³/mol. The molecular formula is C17H11N. The average molecular weight is 229 g/mol. The number of hydrogen-bond acceptors (Lipinski definition) is 1. The van der Waals surface area contributed by atoms with E-state index in [-0.39, 0.29) is 0 Å². The minimum Gasteiger partial charge on any atom is -0.264 e. The van der Waals surface area contributed by atoms with E-state index in [1.165, 1.54) is 32.7 Å². The molecule has 0 unspecified atom stereocenters. The number of pyridine rings is 1. The van der Waals surface area contributed by atoms with Gasteiger partial charge in [0.05, 0.1) is 0 Å². The van der Waals surface area contributed by atoms with Crippen LogP contribution in [0.3, 0.4) is 0 Å². The summed E-state index contributed by atoms with van der Waals surface area (Å²) >= 11 is 0. The van der Waals surface area contributed by atoms with Crippen molar-refractivity contribution in [2.45, 2.75) is 0 Å². The summed E-state index contributed by atoms with van der Waals surface area (Å²) in [5, 5.41) is 5.04. The Labute approximate surface area is 105 Å². The summed E-state index contributed by atoms with van der Waals surface area (Å²) in [6.07, 6.45) is 3.83. The van der Waals surface area contributed by atoms with Gasteiger partial charge in [0.15, 0.2) is 0 Å². The highest BCUT2D eigenvalue weighted by Gasteiger charge is 2.08. The Bertz CT molecular complexity index is 833. The van der Waals surface area contributed by atoms with Gasteiger partial charge in [0, 0.05) is 17.8 Å². The molecule has 1 nitrogen and oxygen atoms in total. The fraction of sp³-hybridized carbons (Fsp3) is 0. The van der Waals surface area contributed by atoms with Crippen molar-refractivity contribution in [3.63, 3.8) is 0 Å². The zero-order valence-electron chi connectivity index (χ0n) is 9.80. The van der Waals surface area contributed by atoms with Crippen LogP contribution in [-0.4, -0.2) is 4.98 Å². The molecular weight excluding hydrogens is 218 g/mol. The first-order valence-electron chi connectivity index (χ1n) is 6.08. The van der Waals surface area contributed by atoms with E-state index in [1.54, 1.807) is 0 Å². The van der Waals surface area contributed by atoms with Crippen molar-refractivity contribution in [2.24, 2.45) is 0 Å². The van der Waals surface area contributed by atoms with Crippen molar-refractivity contribution >= 4 is 21.5 Å². The van der Waals surface area contributed by atoms with E-state index in [0.29, 0.717) is 0 Å². The van der Waals surface area contributed by atoms with Gasteiger partial charge >= 0.3 is 0 Å². The van der Waals surface area contributed by atoms with E-state index < -0.39 is 0 Å². The molecule has 18 heavy (non-hydrogen) atoms. The number of aromatic nitrogens is 1. The van der Waals surface area contributed by atoms with E-state index >= 15 is 0 Å². The Morgan fingerprint density at radius 3 is 2.67 bits per heavy atom. The Morgan fingerprint density at radius 2 is 1.67 bits per heavy atom. The molecule has 1 aromatic carbocycles. The monoisotopic (exact) mass is 229 g/mol. The van der Waals surface area contributed by atoms with Gasteiger partial charge in [-0.05, 0) is 39.4 Å². The van der Waals surface area contributed by atoms with Crippen LogP contribution in [0.25, 0.3) is 32.7 Å². The van der Waals surface area contributed by atoms with Gasteiger partial charge in [-0.2, -0.15) is 0 Å². The molecule has 0 spiro atoms. The van der Waals surface area contributed by atoms with Crippen molar-refractivity contribution in [3.8, 4) is 11.1 Å². The number of fused-ring (bicyclic) bond motifs is 5. The molecule has 1 heteroatoms. The van der Waals surface area contributed by atoms with Gasteiger partial charge in [0.2, 0.25) is 0 Å². The quantitative estimate of drug-likeness (QED) is 0.433. The average Bonchev–Trinajstić information content (AvgIpc) is 2.83. The van der Waals surface area contributed by atoms with Crippen LogP contribution in [-0.2, 0) is 0 Å². The van der Waals surface area contributed by atoms with E-state index in [1.807, 2.05) is 12.4 Å². The van der Waals surface area contributed by atoms with Crippen LogP contribution in [0.15, 0.2) is 67.0 Å². The van der Waals surface area contributed by atoms with Gasteiger partial charge < -0.3 is 0 Å². The lowest BCUT2D eigenvalue weighted by molar-refractivity contribution is 1.37. The van der Waals surface area contributed by atoms with Crippen LogP contribution in [0.1, 0.15) is 0 Å². The molecule has 0 aliphatic heterocycles. The molecule has 84 valence electrons. The topological polar surface area (TPSA) is 12.9 Å². The lowest BCUT2D eigenvalue weighted by Gasteiger charge is -1.98. The predicted octanol–water partition coefficient (Wildman–Crippen LogP) is 4.49. The smallest absolute Gasteiger partial charge is 0.0352 e. The van der Waals surface area contributed by atoms with E-state index in [9.17, 15) is 0 Å². The van der Waals surface area contributed by atoms with Crippen molar-refractivity contribution in [1.29, 1.82) is 0 Å². The lowest BCUT2D eigenvalue weighted by Crippen LogP contribution is -1.75. The second-order valence-corrected chi connectivity index (χ2v) is 4.55. The molecule has 4 rings (SSSR count). The van der Waals surface area contributed by atoms with Gasteiger partial charge in [0.1, 0.15) is 0 Å². The third kappa shape index (κ3) is 1.25. The SMILES string of the molecule is c1cc2cc3ccccc3c3ccncc3c-2c1. The maximum absolute atomic E-state index is 4.28. The Hall–Kier alpha value is -2.41. The lowest BCUT2D eigenvalue weighted by atomic mass is 10.1. The Morgan fingerprint density at radius 1 is 0.722 bits per heavy atom. The van der Waals surface area contributed by atoms with E-state index in [2.05, 4.69) is 59.6 Å². The highest BCUT2D eigenvalue weighted by molar-refractivity contribution is 6.12. The summed E-state index contributed by atoms with van der Waals surface area (Å²) in [4.78, 5) is 4.28. The summed E-state index contributed by atoms with van der Waals surface area (Å²) in [7, 11) is 0. The molecule has 0 fully saturated rings. The van der Waals surface area contributed by atoms with Gasteiger partial charge in [-0.1, -0.05) is 42.5 Å². The maximum Gasteiger partial charge on any atom is 0.0352 e. The summed E-state index contributed by atoms with van der Waals surface area (Å²) in [6.45, 7) is 0. The fourth-order valence-electron chi connectivity index (χ4n) is 2.68. The Balaban J connectivity index is 2.40. The maximum atomic E-state index is 4.28. The zero-order valence-corrected chi connectivity index (χ0v) is 9.80. The first kappa shape index (κ1) is 9.60. The van der Waals surface area contributed by atoms with Crippen LogP contribution in [0.4, 0.5) is 0 Å². The molecule has 0 saturated carbocycles. The first-order valence-corrected chi connectivity index (χ1v) is 6.08. The first-order chi connectivity index (χ1) is 8.93. The second kappa shape index (κ2) is 3.54. The van der Waals surface area contributed by atoms with Gasteiger partial charge in [-0.15, -0.1) is 0 Å². The molecule has 0 N–H and O–H groups in total. The highest BCUT2D eigenvalue weighted by Crippen LogP contribution is 2.34. The standard InChI is InChI=1S/C17H11N/c1-2-6-14-12(4-1)10-13-5-3-7-15(13)17-11-18-9-8-16(14)17/h1-11H. The van der Waals surface area contributed by atoms with Gasteiger partial charge in [-0.25, -0.2) is 0 Å². The van der Waals surface area contributed by atoms with Crippen molar-refractivity contribution in [3.05, 3.63) is 67.0 Å². The molecule has 0 saturated heterocycles. The minimum absolute atomic E-state index is 1.22. The van der Waals surface area contributed by atoms with Crippen LogP contribution < -0.4 is 0 Å². The summed E-state index contributed by atoms with van der Waals surface area (Å²) in [5.41, 5.74) is 2.54. The second-order valence-electron chi connectivity index (χ2n) is 4.55. The fourth-order valence-corrected chi connectivity index (χ4v) is 2.68. The summed E-state index contributed by atoms with van der Waals surface area (Å²) in [5.74, 6) is 0.